The first-order chi connectivity index (χ1) is 11.7. The summed E-state index contributed by atoms with van der Waals surface area (Å²) in [4.78, 5) is 8.71. The molecule has 0 spiro atoms. The Balaban J connectivity index is 1.80. The van der Waals surface area contributed by atoms with Gasteiger partial charge in [-0.25, -0.2) is 4.98 Å². The molecule has 2 atom stereocenters. The van der Waals surface area contributed by atoms with E-state index >= 15 is 0 Å². The molecule has 4 rings (SSSR count). The smallest absolute Gasteiger partial charge is 0.229 e. The van der Waals surface area contributed by atoms with Crippen LogP contribution in [0, 0.1) is 5.92 Å². The molecule has 0 aliphatic carbocycles. The SMILES string of the molecule is COc1cccc2c1Nc1ncc(Cl)c(n1)N[C@@H]1COC[C@H]1CO2. The van der Waals surface area contributed by atoms with Gasteiger partial charge in [0.2, 0.25) is 5.95 Å². The number of hydrogen-bond acceptors (Lipinski definition) is 7. The molecule has 0 unspecified atom stereocenters. The average molecular weight is 349 g/mol. The summed E-state index contributed by atoms with van der Waals surface area (Å²) in [6, 6.07) is 5.70. The largest absolute Gasteiger partial charge is 0.494 e. The van der Waals surface area contributed by atoms with Crippen LogP contribution in [0.4, 0.5) is 17.5 Å². The summed E-state index contributed by atoms with van der Waals surface area (Å²) in [5.41, 5.74) is 0.686. The third kappa shape index (κ3) is 2.81. The molecule has 2 aliphatic rings. The van der Waals surface area contributed by atoms with E-state index in [1.165, 1.54) is 0 Å². The van der Waals surface area contributed by atoms with Gasteiger partial charge in [0, 0.05) is 5.92 Å². The Kier molecular flexibility index (Phi) is 4.03. The quantitative estimate of drug-likeness (QED) is 0.820. The summed E-state index contributed by atoms with van der Waals surface area (Å²) < 4.78 is 17.1. The molecule has 1 saturated heterocycles. The molecule has 0 amide bonds. The van der Waals surface area contributed by atoms with Gasteiger partial charge in [-0.1, -0.05) is 17.7 Å². The first-order valence-corrected chi connectivity index (χ1v) is 8.06. The van der Waals surface area contributed by atoms with Crippen LogP contribution in [0.25, 0.3) is 0 Å². The topological polar surface area (TPSA) is 77.5 Å². The van der Waals surface area contributed by atoms with Gasteiger partial charge in [-0.3, -0.25) is 0 Å². The van der Waals surface area contributed by atoms with E-state index in [1.807, 2.05) is 18.2 Å². The normalized spacial score (nSPS) is 22.1. The van der Waals surface area contributed by atoms with E-state index in [1.54, 1.807) is 13.3 Å². The lowest BCUT2D eigenvalue weighted by atomic mass is 10.1. The lowest BCUT2D eigenvalue weighted by Gasteiger charge is -2.20. The van der Waals surface area contributed by atoms with Crippen molar-refractivity contribution in [2.24, 2.45) is 5.92 Å². The molecule has 3 heterocycles. The first kappa shape index (κ1) is 15.3. The summed E-state index contributed by atoms with van der Waals surface area (Å²) in [6.45, 7) is 1.72. The van der Waals surface area contributed by atoms with Crippen molar-refractivity contribution < 1.29 is 14.2 Å². The van der Waals surface area contributed by atoms with Gasteiger partial charge in [-0.2, -0.15) is 4.98 Å². The second kappa shape index (κ2) is 6.33. The fourth-order valence-corrected chi connectivity index (χ4v) is 3.01. The van der Waals surface area contributed by atoms with E-state index in [4.69, 9.17) is 25.8 Å². The number of nitrogens with zero attached hydrogens (tertiary/aromatic N) is 2. The number of nitrogens with one attached hydrogen (secondary N) is 2. The molecule has 8 heteroatoms. The molecule has 24 heavy (non-hydrogen) atoms. The average Bonchev–Trinajstić information content (AvgIpc) is 3.02. The zero-order chi connectivity index (χ0) is 16.5. The van der Waals surface area contributed by atoms with Gasteiger partial charge in [-0.15, -0.1) is 0 Å². The first-order valence-electron chi connectivity index (χ1n) is 7.68. The van der Waals surface area contributed by atoms with Crippen LogP contribution in [0.3, 0.4) is 0 Å². The third-order valence-corrected chi connectivity index (χ3v) is 4.44. The Morgan fingerprint density at radius 2 is 2.21 bits per heavy atom. The van der Waals surface area contributed by atoms with Crippen molar-refractivity contribution in [3.8, 4) is 11.5 Å². The predicted molar refractivity (Wildman–Crippen MR) is 90.5 cm³/mol. The standard InChI is InChI=1S/C16H17ClN4O3/c1-22-12-3-2-4-13-14(12)20-16-18-5-10(17)15(21-16)19-11-8-23-6-9(11)7-24-13/h2-5,9,11H,6-8H2,1H3,(H2,18,19,20,21)/t9-,11+/m0/s1. The highest BCUT2D eigenvalue weighted by atomic mass is 35.5. The number of hydrogen-bond donors (Lipinski definition) is 2. The van der Waals surface area contributed by atoms with E-state index in [0.717, 1.165) is 0 Å². The Labute approximate surface area is 144 Å². The Hall–Kier alpha value is -2.25. The summed E-state index contributed by atoms with van der Waals surface area (Å²) in [5, 5.41) is 6.98. The molecule has 7 nitrogen and oxygen atoms in total. The number of anilines is 3. The fraction of sp³-hybridized carbons (Fsp3) is 0.375. The summed E-state index contributed by atoms with van der Waals surface area (Å²) in [7, 11) is 1.61. The number of halogens is 1. The molecule has 0 radical (unpaired) electrons. The van der Waals surface area contributed by atoms with E-state index in [0.29, 0.717) is 53.8 Å². The highest BCUT2D eigenvalue weighted by molar-refractivity contribution is 6.32. The number of methoxy groups -OCH3 is 1. The van der Waals surface area contributed by atoms with E-state index in [9.17, 15) is 0 Å². The molecule has 2 aromatic rings. The minimum atomic E-state index is 0.0809. The van der Waals surface area contributed by atoms with Crippen molar-refractivity contribution in [3.05, 3.63) is 29.4 Å². The van der Waals surface area contributed by atoms with Crippen LogP contribution in [0.15, 0.2) is 24.4 Å². The van der Waals surface area contributed by atoms with Crippen molar-refractivity contribution in [3.63, 3.8) is 0 Å². The maximum Gasteiger partial charge on any atom is 0.229 e. The molecule has 1 aromatic heterocycles. The Morgan fingerprint density at radius 3 is 3.08 bits per heavy atom. The minimum Gasteiger partial charge on any atom is -0.494 e. The molecule has 2 bridgehead atoms. The molecule has 1 aromatic carbocycles. The van der Waals surface area contributed by atoms with Gasteiger partial charge >= 0.3 is 0 Å². The number of ether oxygens (including phenoxy) is 3. The van der Waals surface area contributed by atoms with Crippen LogP contribution >= 0.6 is 11.6 Å². The molecular formula is C16H17ClN4O3. The molecule has 126 valence electrons. The maximum absolute atomic E-state index is 6.23. The van der Waals surface area contributed by atoms with Crippen molar-refractivity contribution >= 4 is 29.1 Å². The number of benzene rings is 1. The van der Waals surface area contributed by atoms with Crippen LogP contribution in [0.1, 0.15) is 0 Å². The second-order valence-electron chi connectivity index (χ2n) is 5.71. The monoisotopic (exact) mass is 348 g/mol. The van der Waals surface area contributed by atoms with Crippen molar-refractivity contribution in [1.29, 1.82) is 0 Å². The van der Waals surface area contributed by atoms with E-state index < -0.39 is 0 Å². The van der Waals surface area contributed by atoms with Gasteiger partial charge in [0.15, 0.2) is 5.82 Å². The molecule has 2 N–H and O–H groups in total. The Morgan fingerprint density at radius 1 is 1.29 bits per heavy atom. The number of rotatable bonds is 1. The van der Waals surface area contributed by atoms with Crippen LogP contribution in [0.2, 0.25) is 5.02 Å². The second-order valence-corrected chi connectivity index (χ2v) is 6.12. The van der Waals surface area contributed by atoms with Crippen molar-refractivity contribution in [2.75, 3.05) is 37.6 Å². The lowest BCUT2D eigenvalue weighted by Crippen LogP contribution is -2.32. The molecular weight excluding hydrogens is 332 g/mol. The molecule has 1 fully saturated rings. The van der Waals surface area contributed by atoms with E-state index in [2.05, 4.69) is 20.6 Å². The zero-order valence-electron chi connectivity index (χ0n) is 13.1. The van der Waals surface area contributed by atoms with E-state index in [-0.39, 0.29) is 12.0 Å². The van der Waals surface area contributed by atoms with Gasteiger partial charge in [-0.05, 0) is 12.1 Å². The predicted octanol–water partition coefficient (Wildman–Crippen LogP) is 2.70. The summed E-state index contributed by atoms with van der Waals surface area (Å²) in [5.74, 6) is 2.51. The van der Waals surface area contributed by atoms with Crippen molar-refractivity contribution in [2.45, 2.75) is 6.04 Å². The summed E-state index contributed by atoms with van der Waals surface area (Å²) >= 11 is 6.23. The lowest BCUT2D eigenvalue weighted by molar-refractivity contribution is 0.167. The number of fused-ring (bicyclic) bond motifs is 4. The minimum absolute atomic E-state index is 0.0809. The zero-order valence-corrected chi connectivity index (χ0v) is 13.8. The fourth-order valence-electron chi connectivity index (χ4n) is 2.86. The summed E-state index contributed by atoms with van der Waals surface area (Å²) in [6.07, 6.45) is 1.57. The maximum atomic E-state index is 6.23. The van der Waals surface area contributed by atoms with Crippen LogP contribution < -0.4 is 20.1 Å². The van der Waals surface area contributed by atoms with Gasteiger partial charge in [0.05, 0.1) is 39.2 Å². The van der Waals surface area contributed by atoms with Crippen molar-refractivity contribution in [1.82, 2.24) is 9.97 Å². The molecule has 0 saturated carbocycles. The van der Waals surface area contributed by atoms with Gasteiger partial charge in [0.25, 0.3) is 0 Å². The van der Waals surface area contributed by atoms with Gasteiger partial charge in [0.1, 0.15) is 22.2 Å². The van der Waals surface area contributed by atoms with Crippen LogP contribution in [-0.4, -0.2) is 42.9 Å². The number of para-hydroxylation sites is 1. The molecule has 2 aliphatic heterocycles. The third-order valence-electron chi connectivity index (χ3n) is 4.16. The van der Waals surface area contributed by atoms with Crippen LogP contribution in [-0.2, 0) is 4.74 Å². The number of aromatic nitrogens is 2. The Bertz CT molecular complexity index is 758. The highest BCUT2D eigenvalue weighted by Gasteiger charge is 2.31. The van der Waals surface area contributed by atoms with Gasteiger partial charge < -0.3 is 24.8 Å². The highest BCUT2D eigenvalue weighted by Crippen LogP contribution is 2.37. The van der Waals surface area contributed by atoms with Crippen LogP contribution in [0.5, 0.6) is 11.5 Å².